The summed E-state index contributed by atoms with van der Waals surface area (Å²) in [6.45, 7) is 4.84. The summed E-state index contributed by atoms with van der Waals surface area (Å²) in [6, 6.07) is 0.154. The lowest BCUT2D eigenvalue weighted by atomic mass is 9.89. The fourth-order valence-corrected chi connectivity index (χ4v) is 3.59. The van der Waals surface area contributed by atoms with Gasteiger partial charge in [-0.25, -0.2) is 4.98 Å². The van der Waals surface area contributed by atoms with Crippen LogP contribution in [0.4, 0.5) is 0 Å². The van der Waals surface area contributed by atoms with Crippen molar-refractivity contribution in [3.63, 3.8) is 0 Å². The van der Waals surface area contributed by atoms with E-state index in [1.54, 1.807) is 11.3 Å². The summed E-state index contributed by atoms with van der Waals surface area (Å²) in [5.41, 5.74) is 3.99. The molecule has 1 aromatic rings. The summed E-state index contributed by atoms with van der Waals surface area (Å²) in [5, 5.41) is 3.23. The molecule has 1 unspecified atom stereocenters. The highest BCUT2D eigenvalue weighted by atomic mass is 32.1. The first-order valence-electron chi connectivity index (χ1n) is 6.71. The van der Waals surface area contributed by atoms with Gasteiger partial charge >= 0.3 is 0 Å². The number of aryl methyl sites for hydroxylation is 1. The molecule has 1 heterocycles. The molecule has 0 aliphatic heterocycles. The number of hydrogen-bond acceptors (Lipinski definition) is 5. The van der Waals surface area contributed by atoms with Gasteiger partial charge in [0.2, 0.25) is 0 Å². The van der Waals surface area contributed by atoms with E-state index in [0.29, 0.717) is 0 Å². The zero-order chi connectivity index (χ0) is 13.0. The van der Waals surface area contributed by atoms with Crippen molar-refractivity contribution in [2.75, 3.05) is 6.61 Å². The molecule has 5 heteroatoms. The lowest BCUT2D eigenvalue weighted by Crippen LogP contribution is -2.54. The molecule has 1 aromatic heterocycles. The molecular weight excluding hydrogens is 246 g/mol. The Morgan fingerprint density at radius 3 is 2.78 bits per heavy atom. The van der Waals surface area contributed by atoms with Gasteiger partial charge in [0.1, 0.15) is 0 Å². The van der Waals surface area contributed by atoms with Crippen LogP contribution in [0.15, 0.2) is 5.38 Å². The molecule has 0 saturated heterocycles. The number of hydrazine groups is 1. The lowest BCUT2D eigenvalue weighted by Gasteiger charge is -2.36. The van der Waals surface area contributed by atoms with E-state index in [1.807, 2.05) is 6.92 Å². The van der Waals surface area contributed by atoms with Crippen LogP contribution in [0.1, 0.15) is 43.3 Å². The topological polar surface area (TPSA) is 60.2 Å². The maximum absolute atomic E-state index is 6.06. The monoisotopic (exact) mass is 269 g/mol. The fraction of sp³-hybridized carbons (Fsp3) is 0.769. The molecular formula is C13H23N3OS. The Morgan fingerprint density at radius 1 is 1.56 bits per heavy atom. The number of nitrogens with zero attached hydrogens (tertiary/aromatic N) is 1. The predicted octanol–water partition coefficient (Wildman–Crippen LogP) is 2.18. The van der Waals surface area contributed by atoms with Crippen LogP contribution in [0.25, 0.3) is 0 Å². The van der Waals surface area contributed by atoms with E-state index < -0.39 is 0 Å². The second-order valence-electron chi connectivity index (χ2n) is 4.99. The standard InChI is InChI=1S/C13H23N3OS/c1-3-17-13(6-4-5-7-13)12(16-14)8-11-9-18-10(2)15-11/h9,12,16H,3-8,14H2,1-2H3. The molecule has 1 atom stereocenters. The first-order valence-corrected chi connectivity index (χ1v) is 7.59. The Balaban J connectivity index is 2.10. The first-order chi connectivity index (χ1) is 8.70. The number of nitrogens with two attached hydrogens (primary N) is 1. The highest BCUT2D eigenvalue weighted by Crippen LogP contribution is 2.37. The molecule has 0 spiro atoms. The van der Waals surface area contributed by atoms with E-state index in [1.165, 1.54) is 12.8 Å². The number of rotatable bonds is 6. The van der Waals surface area contributed by atoms with Gasteiger partial charge in [0.05, 0.1) is 22.3 Å². The van der Waals surface area contributed by atoms with Gasteiger partial charge in [-0.3, -0.25) is 11.3 Å². The van der Waals surface area contributed by atoms with E-state index in [4.69, 9.17) is 10.6 Å². The van der Waals surface area contributed by atoms with E-state index in [2.05, 4.69) is 22.7 Å². The zero-order valence-corrected chi connectivity index (χ0v) is 12.1. The summed E-state index contributed by atoms with van der Waals surface area (Å²) < 4.78 is 6.06. The number of thiazole rings is 1. The minimum Gasteiger partial charge on any atom is -0.374 e. The number of hydrogen-bond donors (Lipinski definition) is 2. The van der Waals surface area contributed by atoms with Crippen LogP contribution in [0.2, 0.25) is 0 Å². The molecule has 3 N–H and O–H groups in total. The van der Waals surface area contributed by atoms with E-state index in [0.717, 1.165) is 36.6 Å². The Kier molecular flexibility index (Phi) is 4.72. The van der Waals surface area contributed by atoms with Gasteiger partial charge in [-0.1, -0.05) is 12.8 Å². The van der Waals surface area contributed by atoms with Crippen molar-refractivity contribution in [2.24, 2.45) is 5.84 Å². The van der Waals surface area contributed by atoms with Crippen LogP contribution in [0.3, 0.4) is 0 Å². The number of nitrogens with one attached hydrogen (secondary N) is 1. The molecule has 2 rings (SSSR count). The molecule has 18 heavy (non-hydrogen) atoms. The van der Waals surface area contributed by atoms with Crippen LogP contribution < -0.4 is 11.3 Å². The van der Waals surface area contributed by atoms with Crippen molar-refractivity contribution in [1.82, 2.24) is 10.4 Å². The first kappa shape index (κ1) is 13.9. The molecule has 1 aliphatic rings. The minimum absolute atomic E-state index is 0.0962. The fourth-order valence-electron chi connectivity index (χ4n) is 2.96. The smallest absolute Gasteiger partial charge is 0.0897 e. The molecule has 102 valence electrons. The van der Waals surface area contributed by atoms with Gasteiger partial charge in [0, 0.05) is 18.4 Å². The molecule has 0 aromatic carbocycles. The van der Waals surface area contributed by atoms with E-state index >= 15 is 0 Å². The highest BCUT2D eigenvalue weighted by Gasteiger charge is 2.41. The van der Waals surface area contributed by atoms with Crippen molar-refractivity contribution < 1.29 is 4.74 Å². The molecule has 4 nitrogen and oxygen atoms in total. The van der Waals surface area contributed by atoms with Crippen molar-refractivity contribution in [2.45, 2.75) is 57.6 Å². The van der Waals surface area contributed by atoms with Crippen molar-refractivity contribution in [1.29, 1.82) is 0 Å². The third-order valence-electron chi connectivity index (χ3n) is 3.80. The largest absolute Gasteiger partial charge is 0.374 e. The highest BCUT2D eigenvalue weighted by molar-refractivity contribution is 7.09. The molecule has 0 amide bonds. The normalized spacial score (nSPS) is 20.2. The average molecular weight is 269 g/mol. The minimum atomic E-state index is -0.0962. The maximum atomic E-state index is 6.06. The third kappa shape index (κ3) is 2.91. The maximum Gasteiger partial charge on any atom is 0.0897 e. The SMILES string of the molecule is CCOC1(C(Cc2csc(C)n2)NN)CCCC1. The summed E-state index contributed by atoms with van der Waals surface area (Å²) in [7, 11) is 0. The molecule has 1 fully saturated rings. The summed E-state index contributed by atoms with van der Waals surface area (Å²) >= 11 is 1.69. The van der Waals surface area contributed by atoms with Crippen molar-refractivity contribution in [3.8, 4) is 0 Å². The van der Waals surface area contributed by atoms with Crippen LogP contribution >= 0.6 is 11.3 Å². The average Bonchev–Trinajstić information content (AvgIpc) is 2.97. The van der Waals surface area contributed by atoms with E-state index in [9.17, 15) is 0 Å². The summed E-state index contributed by atoms with van der Waals surface area (Å²) in [5.74, 6) is 5.77. The van der Waals surface area contributed by atoms with E-state index in [-0.39, 0.29) is 11.6 Å². The van der Waals surface area contributed by atoms with Crippen molar-refractivity contribution >= 4 is 11.3 Å². The lowest BCUT2D eigenvalue weighted by molar-refractivity contribution is -0.0615. The predicted molar refractivity (Wildman–Crippen MR) is 74.5 cm³/mol. The quantitative estimate of drug-likeness (QED) is 0.614. The molecule has 0 bridgehead atoms. The van der Waals surface area contributed by atoms with Gasteiger partial charge in [0.15, 0.2) is 0 Å². The summed E-state index contributed by atoms with van der Waals surface area (Å²) in [4.78, 5) is 4.53. The molecule has 0 radical (unpaired) electrons. The van der Waals surface area contributed by atoms with Crippen LogP contribution in [0, 0.1) is 6.92 Å². The van der Waals surface area contributed by atoms with Gasteiger partial charge in [-0.05, 0) is 26.7 Å². The van der Waals surface area contributed by atoms with Crippen LogP contribution in [-0.4, -0.2) is 23.2 Å². The second kappa shape index (κ2) is 6.10. The van der Waals surface area contributed by atoms with Gasteiger partial charge in [-0.15, -0.1) is 11.3 Å². The second-order valence-corrected chi connectivity index (χ2v) is 6.05. The number of ether oxygens (including phenoxy) is 1. The Hall–Kier alpha value is -0.490. The van der Waals surface area contributed by atoms with Gasteiger partial charge in [-0.2, -0.15) is 0 Å². The molecule has 1 aliphatic carbocycles. The van der Waals surface area contributed by atoms with Gasteiger partial charge in [0.25, 0.3) is 0 Å². The Morgan fingerprint density at radius 2 is 2.28 bits per heavy atom. The number of aromatic nitrogens is 1. The van der Waals surface area contributed by atoms with Crippen molar-refractivity contribution in [3.05, 3.63) is 16.1 Å². The van der Waals surface area contributed by atoms with Crippen LogP contribution in [-0.2, 0) is 11.2 Å². The molecule has 1 saturated carbocycles. The zero-order valence-electron chi connectivity index (χ0n) is 11.2. The summed E-state index contributed by atoms with van der Waals surface area (Å²) in [6.07, 6.45) is 5.50. The third-order valence-corrected chi connectivity index (χ3v) is 4.62. The Bertz CT molecular complexity index is 374. The Labute approximate surface area is 113 Å². The van der Waals surface area contributed by atoms with Crippen LogP contribution in [0.5, 0.6) is 0 Å². The van der Waals surface area contributed by atoms with Gasteiger partial charge < -0.3 is 4.74 Å².